The predicted octanol–water partition coefficient (Wildman–Crippen LogP) is 2.98. The Morgan fingerprint density at radius 1 is 1.05 bits per heavy atom. The van der Waals surface area contributed by atoms with Crippen LogP contribution < -0.4 is 16.8 Å². The summed E-state index contributed by atoms with van der Waals surface area (Å²) in [4.78, 5) is 4.11. The summed E-state index contributed by atoms with van der Waals surface area (Å²) in [6.45, 7) is 0.540. The van der Waals surface area contributed by atoms with Crippen molar-refractivity contribution in [3.8, 4) is 0 Å². The molecule has 0 radical (unpaired) electrons. The molecule has 1 fully saturated rings. The molecule has 1 aromatic rings. The highest BCUT2D eigenvalue weighted by Crippen LogP contribution is 2.23. The molecule has 1 saturated carbocycles. The number of aliphatic imine (C=N–C) groups is 1. The number of guanidine groups is 1. The molecule has 0 aliphatic heterocycles. The Morgan fingerprint density at radius 2 is 1.70 bits per heavy atom. The minimum absolute atomic E-state index is 0.144. The molecule has 4 nitrogen and oxygen atoms in total. The van der Waals surface area contributed by atoms with Gasteiger partial charge in [-0.15, -0.1) is 0 Å². The van der Waals surface area contributed by atoms with E-state index in [0.29, 0.717) is 12.6 Å². The molecule has 0 unspecified atom stereocenters. The summed E-state index contributed by atoms with van der Waals surface area (Å²) < 4.78 is 0. The number of rotatable bonds is 4. The van der Waals surface area contributed by atoms with Gasteiger partial charge in [0.1, 0.15) is 0 Å². The molecule has 0 atom stereocenters. The zero-order valence-electron chi connectivity index (χ0n) is 12.1. The van der Waals surface area contributed by atoms with Crippen LogP contribution in [-0.4, -0.2) is 12.0 Å². The van der Waals surface area contributed by atoms with E-state index in [1.54, 1.807) is 0 Å². The van der Waals surface area contributed by atoms with Gasteiger partial charge in [-0.05, 0) is 24.5 Å². The summed E-state index contributed by atoms with van der Waals surface area (Å²) in [5.74, 6) is 0.144. The van der Waals surface area contributed by atoms with Gasteiger partial charge in [-0.25, -0.2) is 4.99 Å². The highest BCUT2D eigenvalue weighted by molar-refractivity contribution is 5.75. The molecule has 0 spiro atoms. The highest BCUT2D eigenvalue weighted by Gasteiger charge is 2.12. The van der Waals surface area contributed by atoms with Gasteiger partial charge in [0, 0.05) is 11.7 Å². The molecule has 1 aliphatic rings. The number of para-hydroxylation sites is 1. The van der Waals surface area contributed by atoms with E-state index in [4.69, 9.17) is 11.5 Å². The Balaban J connectivity index is 2.01. The predicted molar refractivity (Wildman–Crippen MR) is 85.7 cm³/mol. The van der Waals surface area contributed by atoms with E-state index < -0.39 is 0 Å². The first kappa shape index (κ1) is 14.7. The zero-order valence-corrected chi connectivity index (χ0v) is 12.1. The summed E-state index contributed by atoms with van der Waals surface area (Å²) in [7, 11) is 0. The Bertz CT molecular complexity index is 430. The van der Waals surface area contributed by atoms with E-state index in [1.807, 2.05) is 6.07 Å². The minimum atomic E-state index is 0.144. The van der Waals surface area contributed by atoms with Crippen molar-refractivity contribution < 1.29 is 0 Å². The van der Waals surface area contributed by atoms with Crippen molar-refractivity contribution >= 4 is 11.6 Å². The lowest BCUT2D eigenvalue weighted by Crippen LogP contribution is -2.23. The molecule has 1 aromatic carbocycles. The molecular formula is C16H26N4. The van der Waals surface area contributed by atoms with Crippen LogP contribution in [0.25, 0.3) is 0 Å². The second kappa shape index (κ2) is 7.78. The molecule has 1 aliphatic carbocycles. The molecule has 0 bridgehead atoms. The lowest BCUT2D eigenvalue weighted by molar-refractivity contribution is 0.471. The molecule has 110 valence electrons. The fourth-order valence-corrected chi connectivity index (χ4v) is 2.80. The van der Waals surface area contributed by atoms with Gasteiger partial charge >= 0.3 is 0 Å². The van der Waals surface area contributed by atoms with Gasteiger partial charge in [-0.2, -0.15) is 0 Å². The van der Waals surface area contributed by atoms with Crippen LogP contribution in [0.15, 0.2) is 29.3 Å². The van der Waals surface area contributed by atoms with Crippen LogP contribution in [0.2, 0.25) is 0 Å². The summed E-state index contributed by atoms with van der Waals surface area (Å²) >= 11 is 0. The number of nitrogens with one attached hydrogen (secondary N) is 1. The van der Waals surface area contributed by atoms with Gasteiger partial charge in [0.05, 0.1) is 6.54 Å². The second-order valence-electron chi connectivity index (χ2n) is 5.58. The van der Waals surface area contributed by atoms with E-state index in [0.717, 1.165) is 5.56 Å². The first-order valence-electron chi connectivity index (χ1n) is 7.65. The fourth-order valence-electron chi connectivity index (χ4n) is 2.80. The Hall–Kier alpha value is -1.71. The van der Waals surface area contributed by atoms with Crippen molar-refractivity contribution in [1.82, 2.24) is 0 Å². The zero-order chi connectivity index (χ0) is 14.2. The average Bonchev–Trinajstić information content (AvgIpc) is 2.40. The summed E-state index contributed by atoms with van der Waals surface area (Å²) in [6.07, 6.45) is 9.31. The lowest BCUT2D eigenvalue weighted by Gasteiger charge is -2.23. The molecule has 4 heteroatoms. The van der Waals surface area contributed by atoms with Crippen LogP contribution in [-0.2, 0) is 6.54 Å². The molecule has 5 N–H and O–H groups in total. The number of hydrogen-bond donors (Lipinski definition) is 3. The maximum absolute atomic E-state index is 5.42. The number of benzene rings is 1. The molecule has 0 amide bonds. The van der Waals surface area contributed by atoms with Crippen molar-refractivity contribution in [1.29, 1.82) is 0 Å². The van der Waals surface area contributed by atoms with E-state index in [1.165, 1.54) is 50.6 Å². The minimum Gasteiger partial charge on any atom is -0.382 e. The average molecular weight is 274 g/mol. The standard InChI is InChI=1S/C16H26N4/c17-16(18)19-12-13-8-6-7-11-15(13)20-14-9-4-2-1-3-5-10-14/h6-8,11,14,20H,1-5,9-10,12H2,(H4,17,18,19). The first-order valence-corrected chi connectivity index (χ1v) is 7.65. The van der Waals surface area contributed by atoms with E-state index in [2.05, 4.69) is 28.5 Å². The van der Waals surface area contributed by atoms with Gasteiger partial charge in [-0.3, -0.25) is 0 Å². The topological polar surface area (TPSA) is 76.4 Å². The Labute approximate surface area is 121 Å². The Kier molecular flexibility index (Phi) is 5.71. The van der Waals surface area contributed by atoms with E-state index in [9.17, 15) is 0 Å². The van der Waals surface area contributed by atoms with E-state index in [-0.39, 0.29) is 5.96 Å². The monoisotopic (exact) mass is 274 g/mol. The van der Waals surface area contributed by atoms with Gasteiger partial charge in [0.2, 0.25) is 0 Å². The highest BCUT2D eigenvalue weighted by atomic mass is 15.0. The SMILES string of the molecule is NC(N)=NCc1ccccc1NC1CCCCCCC1. The lowest BCUT2D eigenvalue weighted by atomic mass is 9.96. The van der Waals surface area contributed by atoms with Gasteiger partial charge in [0.15, 0.2) is 5.96 Å². The van der Waals surface area contributed by atoms with Gasteiger partial charge in [-0.1, -0.05) is 50.3 Å². The number of hydrogen-bond acceptors (Lipinski definition) is 2. The summed E-state index contributed by atoms with van der Waals surface area (Å²) in [6, 6.07) is 8.87. The molecule has 0 saturated heterocycles. The van der Waals surface area contributed by atoms with Crippen molar-refractivity contribution in [2.75, 3.05) is 5.32 Å². The number of nitrogens with zero attached hydrogens (tertiary/aromatic N) is 1. The maximum Gasteiger partial charge on any atom is 0.186 e. The fraction of sp³-hybridized carbons (Fsp3) is 0.562. The van der Waals surface area contributed by atoms with Crippen LogP contribution in [0.4, 0.5) is 5.69 Å². The number of anilines is 1. The quantitative estimate of drug-likeness (QED) is 0.583. The molecule has 0 heterocycles. The van der Waals surface area contributed by atoms with Crippen molar-refractivity contribution in [3.05, 3.63) is 29.8 Å². The van der Waals surface area contributed by atoms with Crippen molar-refractivity contribution in [3.63, 3.8) is 0 Å². The van der Waals surface area contributed by atoms with Crippen LogP contribution in [0.3, 0.4) is 0 Å². The molecule has 20 heavy (non-hydrogen) atoms. The third kappa shape index (κ3) is 4.76. The van der Waals surface area contributed by atoms with Crippen LogP contribution in [0, 0.1) is 0 Å². The molecule has 0 aromatic heterocycles. The Morgan fingerprint density at radius 3 is 2.40 bits per heavy atom. The van der Waals surface area contributed by atoms with Crippen molar-refractivity contribution in [2.45, 2.75) is 57.5 Å². The molecule has 2 rings (SSSR count). The van der Waals surface area contributed by atoms with Crippen LogP contribution in [0.1, 0.15) is 50.5 Å². The maximum atomic E-state index is 5.42. The van der Waals surface area contributed by atoms with Crippen LogP contribution in [0.5, 0.6) is 0 Å². The molecular weight excluding hydrogens is 248 g/mol. The number of nitrogens with two attached hydrogens (primary N) is 2. The summed E-state index contributed by atoms with van der Waals surface area (Å²) in [5, 5.41) is 3.69. The summed E-state index contributed by atoms with van der Waals surface area (Å²) in [5.41, 5.74) is 13.2. The smallest absolute Gasteiger partial charge is 0.186 e. The first-order chi connectivity index (χ1) is 9.75. The third-order valence-corrected chi connectivity index (χ3v) is 3.91. The van der Waals surface area contributed by atoms with Crippen molar-refractivity contribution in [2.24, 2.45) is 16.5 Å². The second-order valence-corrected chi connectivity index (χ2v) is 5.58. The normalized spacial score (nSPS) is 17.0. The third-order valence-electron chi connectivity index (χ3n) is 3.91. The van der Waals surface area contributed by atoms with Crippen LogP contribution >= 0.6 is 0 Å². The van der Waals surface area contributed by atoms with E-state index >= 15 is 0 Å². The van der Waals surface area contributed by atoms with Gasteiger partial charge in [0.25, 0.3) is 0 Å². The van der Waals surface area contributed by atoms with Gasteiger partial charge < -0.3 is 16.8 Å². The largest absolute Gasteiger partial charge is 0.382 e.